The maximum Gasteiger partial charge on any atom is 0.151 e. The van der Waals surface area contributed by atoms with Crippen LogP contribution in [-0.4, -0.2) is 16.3 Å². The van der Waals surface area contributed by atoms with Crippen LogP contribution < -0.4 is 0 Å². The van der Waals surface area contributed by atoms with E-state index in [0.29, 0.717) is 27.9 Å². The molecule has 0 amide bonds. The van der Waals surface area contributed by atoms with Crippen molar-refractivity contribution in [1.82, 2.24) is 9.97 Å². The third kappa shape index (κ3) is 1.38. The molecular formula is C9H5ClN2O. The Labute approximate surface area is 79.4 Å². The molecule has 0 N–H and O–H groups in total. The van der Waals surface area contributed by atoms with Crippen molar-refractivity contribution in [1.29, 1.82) is 0 Å². The van der Waals surface area contributed by atoms with Crippen LogP contribution in [-0.2, 0) is 0 Å². The van der Waals surface area contributed by atoms with Gasteiger partial charge in [0.2, 0.25) is 0 Å². The van der Waals surface area contributed by atoms with Crippen molar-refractivity contribution in [2.75, 3.05) is 0 Å². The van der Waals surface area contributed by atoms with Crippen LogP contribution in [0.3, 0.4) is 0 Å². The van der Waals surface area contributed by atoms with E-state index in [0.717, 1.165) is 0 Å². The largest absolute Gasteiger partial charge is 0.298 e. The number of hydrogen-bond acceptors (Lipinski definition) is 3. The maximum atomic E-state index is 10.5. The Morgan fingerprint density at radius 3 is 2.38 bits per heavy atom. The Kier molecular flexibility index (Phi) is 1.94. The molecule has 1 heterocycles. The van der Waals surface area contributed by atoms with Gasteiger partial charge in [-0.2, -0.15) is 0 Å². The topological polar surface area (TPSA) is 42.9 Å². The molecule has 0 saturated carbocycles. The zero-order chi connectivity index (χ0) is 9.26. The summed E-state index contributed by atoms with van der Waals surface area (Å²) in [6.07, 6.45) is 3.86. The zero-order valence-electron chi connectivity index (χ0n) is 6.57. The smallest absolute Gasteiger partial charge is 0.151 e. The summed E-state index contributed by atoms with van der Waals surface area (Å²) in [4.78, 5) is 18.6. The molecule has 0 fully saturated rings. The van der Waals surface area contributed by atoms with Crippen molar-refractivity contribution < 1.29 is 4.79 Å². The molecule has 0 bridgehead atoms. The highest BCUT2D eigenvalue weighted by Crippen LogP contribution is 2.19. The summed E-state index contributed by atoms with van der Waals surface area (Å²) in [7, 11) is 0. The first kappa shape index (κ1) is 8.13. The van der Waals surface area contributed by atoms with Crippen molar-refractivity contribution in [3.63, 3.8) is 0 Å². The summed E-state index contributed by atoms with van der Waals surface area (Å²) in [5.74, 6) is 0. The molecule has 0 radical (unpaired) electrons. The van der Waals surface area contributed by atoms with Gasteiger partial charge in [0.1, 0.15) is 0 Å². The van der Waals surface area contributed by atoms with Gasteiger partial charge in [-0.25, -0.2) is 0 Å². The SMILES string of the molecule is O=Cc1cc2nccnc2cc1Cl. The molecule has 0 aliphatic rings. The van der Waals surface area contributed by atoms with Gasteiger partial charge < -0.3 is 0 Å². The van der Waals surface area contributed by atoms with Gasteiger partial charge in [0.05, 0.1) is 16.1 Å². The summed E-state index contributed by atoms with van der Waals surface area (Å²) in [5, 5.41) is 0.406. The second kappa shape index (κ2) is 3.11. The summed E-state index contributed by atoms with van der Waals surface area (Å²) < 4.78 is 0. The Balaban J connectivity index is 2.81. The highest BCUT2D eigenvalue weighted by molar-refractivity contribution is 6.33. The van der Waals surface area contributed by atoms with E-state index in [2.05, 4.69) is 9.97 Å². The lowest BCUT2D eigenvalue weighted by Crippen LogP contribution is -1.87. The van der Waals surface area contributed by atoms with Gasteiger partial charge in [0.25, 0.3) is 0 Å². The second-order valence-corrected chi connectivity index (χ2v) is 2.94. The van der Waals surface area contributed by atoms with Crippen LogP contribution in [0, 0.1) is 0 Å². The summed E-state index contributed by atoms with van der Waals surface area (Å²) >= 11 is 5.80. The third-order valence-corrected chi connectivity index (χ3v) is 2.04. The first-order valence-electron chi connectivity index (χ1n) is 3.67. The monoisotopic (exact) mass is 192 g/mol. The normalized spacial score (nSPS) is 10.2. The maximum absolute atomic E-state index is 10.5. The number of fused-ring (bicyclic) bond motifs is 1. The fourth-order valence-corrected chi connectivity index (χ4v) is 1.29. The molecule has 0 aliphatic carbocycles. The summed E-state index contributed by atoms with van der Waals surface area (Å²) in [6, 6.07) is 3.26. The molecular weight excluding hydrogens is 188 g/mol. The number of benzene rings is 1. The van der Waals surface area contributed by atoms with Gasteiger partial charge in [-0.15, -0.1) is 0 Å². The van der Waals surface area contributed by atoms with Crippen molar-refractivity contribution in [2.45, 2.75) is 0 Å². The van der Waals surface area contributed by atoms with Crippen LogP contribution in [0.15, 0.2) is 24.5 Å². The molecule has 2 aromatic rings. The lowest BCUT2D eigenvalue weighted by Gasteiger charge is -1.98. The fraction of sp³-hybridized carbons (Fsp3) is 0. The van der Waals surface area contributed by atoms with Gasteiger partial charge in [-0.05, 0) is 12.1 Å². The van der Waals surface area contributed by atoms with E-state index < -0.39 is 0 Å². The predicted molar refractivity (Wildman–Crippen MR) is 49.9 cm³/mol. The van der Waals surface area contributed by atoms with Crippen molar-refractivity contribution in [2.24, 2.45) is 0 Å². The average molecular weight is 193 g/mol. The van der Waals surface area contributed by atoms with Gasteiger partial charge >= 0.3 is 0 Å². The lowest BCUT2D eigenvalue weighted by atomic mass is 10.2. The molecule has 4 heteroatoms. The van der Waals surface area contributed by atoms with Crippen LogP contribution in [0.2, 0.25) is 5.02 Å². The van der Waals surface area contributed by atoms with Crippen LogP contribution in [0.4, 0.5) is 0 Å². The number of carbonyl (C=O) groups is 1. The summed E-state index contributed by atoms with van der Waals surface area (Å²) in [6.45, 7) is 0. The molecule has 0 aliphatic heterocycles. The van der Waals surface area contributed by atoms with Crippen molar-refractivity contribution >= 4 is 28.9 Å². The quantitative estimate of drug-likeness (QED) is 0.650. The van der Waals surface area contributed by atoms with Crippen LogP contribution >= 0.6 is 11.6 Å². The van der Waals surface area contributed by atoms with E-state index in [4.69, 9.17) is 11.6 Å². The highest BCUT2D eigenvalue weighted by Gasteiger charge is 2.02. The molecule has 0 unspecified atom stereocenters. The molecule has 3 nitrogen and oxygen atoms in total. The Morgan fingerprint density at radius 2 is 1.77 bits per heavy atom. The van der Waals surface area contributed by atoms with Crippen LogP contribution in [0.1, 0.15) is 10.4 Å². The minimum atomic E-state index is 0.406. The van der Waals surface area contributed by atoms with Crippen LogP contribution in [0.5, 0.6) is 0 Å². The molecule has 2 rings (SSSR count). The fourth-order valence-electron chi connectivity index (χ4n) is 1.09. The number of halogens is 1. The molecule has 0 saturated heterocycles. The van der Waals surface area contributed by atoms with Gasteiger partial charge in [-0.1, -0.05) is 11.6 Å². The molecule has 0 spiro atoms. The predicted octanol–water partition coefficient (Wildman–Crippen LogP) is 2.10. The molecule has 13 heavy (non-hydrogen) atoms. The summed E-state index contributed by atoms with van der Waals surface area (Å²) in [5.41, 5.74) is 1.81. The number of carbonyl (C=O) groups excluding carboxylic acids is 1. The highest BCUT2D eigenvalue weighted by atomic mass is 35.5. The molecule has 0 atom stereocenters. The van der Waals surface area contributed by atoms with Crippen molar-refractivity contribution in [3.8, 4) is 0 Å². The lowest BCUT2D eigenvalue weighted by molar-refractivity contribution is 0.112. The van der Waals surface area contributed by atoms with E-state index in [1.807, 2.05) is 0 Å². The third-order valence-electron chi connectivity index (χ3n) is 1.71. The minimum Gasteiger partial charge on any atom is -0.298 e. The standard InChI is InChI=1S/C9H5ClN2O/c10-7-4-9-8(3-6(7)5-13)11-1-2-12-9/h1-5H. The molecule has 64 valence electrons. The Morgan fingerprint density at radius 1 is 1.15 bits per heavy atom. The van der Waals surface area contributed by atoms with Crippen LogP contribution in [0.25, 0.3) is 11.0 Å². The number of aromatic nitrogens is 2. The van der Waals surface area contributed by atoms with E-state index in [1.54, 1.807) is 24.5 Å². The number of hydrogen-bond donors (Lipinski definition) is 0. The Bertz CT molecular complexity index is 470. The van der Waals surface area contributed by atoms with E-state index in [-0.39, 0.29) is 0 Å². The minimum absolute atomic E-state index is 0.406. The first-order chi connectivity index (χ1) is 6.31. The van der Waals surface area contributed by atoms with Gasteiger partial charge in [0.15, 0.2) is 6.29 Å². The average Bonchev–Trinajstić information content (AvgIpc) is 2.17. The van der Waals surface area contributed by atoms with Gasteiger partial charge in [-0.3, -0.25) is 14.8 Å². The number of nitrogens with zero attached hydrogens (tertiary/aromatic N) is 2. The first-order valence-corrected chi connectivity index (χ1v) is 4.04. The second-order valence-electron chi connectivity index (χ2n) is 2.54. The van der Waals surface area contributed by atoms with E-state index in [9.17, 15) is 4.79 Å². The van der Waals surface area contributed by atoms with E-state index in [1.165, 1.54) is 0 Å². The van der Waals surface area contributed by atoms with Gasteiger partial charge in [0, 0.05) is 18.0 Å². The molecule has 1 aromatic carbocycles. The van der Waals surface area contributed by atoms with Crippen molar-refractivity contribution in [3.05, 3.63) is 35.1 Å². The number of aldehydes is 1. The Hall–Kier alpha value is -1.48. The molecule has 1 aromatic heterocycles. The zero-order valence-corrected chi connectivity index (χ0v) is 7.32. The van der Waals surface area contributed by atoms with E-state index >= 15 is 0 Å². The number of rotatable bonds is 1.